The highest BCUT2D eigenvalue weighted by Gasteiger charge is 2.40. The molecule has 17 heavy (non-hydrogen) atoms. The Balaban J connectivity index is 2.44. The van der Waals surface area contributed by atoms with Crippen LogP contribution in [0.1, 0.15) is 17.5 Å². The Morgan fingerprint density at radius 1 is 1.35 bits per heavy atom. The lowest BCUT2D eigenvalue weighted by molar-refractivity contribution is -0.169. The molecule has 94 valence electrons. The number of aryl methyl sites for hydroxylation is 1. The van der Waals surface area contributed by atoms with Crippen molar-refractivity contribution in [2.24, 2.45) is 5.73 Å². The number of rotatable bonds is 4. The maximum Gasteiger partial charge on any atom is 0.199 e. The fourth-order valence-electron chi connectivity index (χ4n) is 2.20. The second-order valence-electron chi connectivity index (χ2n) is 4.19. The molecule has 0 amide bonds. The highest BCUT2D eigenvalue weighted by Crippen LogP contribution is 2.39. The summed E-state index contributed by atoms with van der Waals surface area (Å²) >= 11 is 0. The lowest BCUT2D eigenvalue weighted by Crippen LogP contribution is -2.30. The van der Waals surface area contributed by atoms with Crippen LogP contribution in [-0.4, -0.2) is 26.9 Å². The van der Waals surface area contributed by atoms with E-state index < -0.39 is 5.79 Å². The van der Waals surface area contributed by atoms with Gasteiger partial charge in [-0.25, -0.2) is 0 Å². The third kappa shape index (κ3) is 2.29. The van der Waals surface area contributed by atoms with Crippen molar-refractivity contribution in [2.75, 3.05) is 26.9 Å². The van der Waals surface area contributed by atoms with E-state index in [0.717, 1.165) is 16.9 Å². The van der Waals surface area contributed by atoms with Crippen molar-refractivity contribution in [1.29, 1.82) is 0 Å². The predicted octanol–water partition coefficient (Wildman–Crippen LogP) is 1.55. The van der Waals surface area contributed by atoms with Crippen molar-refractivity contribution >= 4 is 0 Å². The topological polar surface area (TPSA) is 53.7 Å². The van der Waals surface area contributed by atoms with E-state index in [1.807, 2.05) is 25.1 Å². The largest absolute Gasteiger partial charge is 0.496 e. The Kier molecular flexibility index (Phi) is 3.66. The van der Waals surface area contributed by atoms with Crippen LogP contribution in [-0.2, 0) is 15.3 Å². The van der Waals surface area contributed by atoms with Gasteiger partial charge >= 0.3 is 0 Å². The predicted molar refractivity (Wildman–Crippen MR) is 65.0 cm³/mol. The van der Waals surface area contributed by atoms with Gasteiger partial charge in [0.05, 0.1) is 25.9 Å². The van der Waals surface area contributed by atoms with Crippen LogP contribution in [0.5, 0.6) is 5.75 Å². The quantitative estimate of drug-likeness (QED) is 0.863. The van der Waals surface area contributed by atoms with Gasteiger partial charge in [-0.3, -0.25) is 0 Å². The van der Waals surface area contributed by atoms with Gasteiger partial charge in [0, 0.05) is 6.42 Å². The fourth-order valence-corrected chi connectivity index (χ4v) is 2.20. The van der Waals surface area contributed by atoms with E-state index in [0.29, 0.717) is 26.2 Å². The van der Waals surface area contributed by atoms with Gasteiger partial charge in [0.15, 0.2) is 5.79 Å². The normalized spacial score (nSPS) is 18.3. The highest BCUT2D eigenvalue weighted by molar-refractivity contribution is 5.40. The maximum atomic E-state index is 5.78. The molecule has 4 heteroatoms. The minimum Gasteiger partial charge on any atom is -0.496 e. The number of benzene rings is 1. The van der Waals surface area contributed by atoms with Gasteiger partial charge in [-0.15, -0.1) is 0 Å². The van der Waals surface area contributed by atoms with Crippen molar-refractivity contribution < 1.29 is 14.2 Å². The summed E-state index contributed by atoms with van der Waals surface area (Å²) in [5.41, 5.74) is 7.74. The first kappa shape index (κ1) is 12.4. The average Bonchev–Trinajstić information content (AvgIpc) is 2.79. The number of hydrogen-bond donors (Lipinski definition) is 1. The molecule has 1 aliphatic heterocycles. The minimum absolute atomic E-state index is 0.511. The number of nitrogens with two attached hydrogens (primary N) is 1. The molecule has 0 radical (unpaired) electrons. The van der Waals surface area contributed by atoms with Crippen molar-refractivity contribution in [1.82, 2.24) is 0 Å². The summed E-state index contributed by atoms with van der Waals surface area (Å²) < 4.78 is 16.9. The minimum atomic E-state index is -0.730. The molecule has 1 aromatic carbocycles. The third-order valence-corrected chi connectivity index (χ3v) is 2.99. The molecule has 2 rings (SSSR count). The van der Waals surface area contributed by atoms with Crippen LogP contribution >= 0.6 is 0 Å². The van der Waals surface area contributed by atoms with E-state index in [1.54, 1.807) is 7.11 Å². The molecule has 0 spiro atoms. The monoisotopic (exact) mass is 237 g/mol. The zero-order chi connectivity index (χ0) is 12.3. The van der Waals surface area contributed by atoms with Gasteiger partial charge < -0.3 is 19.9 Å². The lowest BCUT2D eigenvalue weighted by Gasteiger charge is -2.29. The molecule has 0 bridgehead atoms. The second-order valence-corrected chi connectivity index (χ2v) is 4.19. The van der Waals surface area contributed by atoms with Crippen LogP contribution in [0.2, 0.25) is 0 Å². The molecule has 0 aliphatic carbocycles. The lowest BCUT2D eigenvalue weighted by atomic mass is 9.99. The number of ether oxygens (including phenoxy) is 3. The summed E-state index contributed by atoms with van der Waals surface area (Å²) in [6.45, 7) is 3.74. The molecule has 1 saturated heterocycles. The summed E-state index contributed by atoms with van der Waals surface area (Å²) in [7, 11) is 1.65. The standard InChI is InChI=1S/C13H19NO3/c1-10-3-4-12(15-2)11(9-10)13(5-6-14)16-7-8-17-13/h3-4,9H,5-8,14H2,1-2H3. The summed E-state index contributed by atoms with van der Waals surface area (Å²) in [6, 6.07) is 5.99. The van der Waals surface area contributed by atoms with Crippen LogP contribution in [0.4, 0.5) is 0 Å². The zero-order valence-electron chi connectivity index (χ0n) is 10.4. The molecule has 2 N–H and O–H groups in total. The van der Waals surface area contributed by atoms with Crippen molar-refractivity contribution in [3.63, 3.8) is 0 Å². The smallest absolute Gasteiger partial charge is 0.199 e. The molecule has 1 aromatic rings. The SMILES string of the molecule is COc1ccc(C)cc1C1(CCN)OCCO1. The number of methoxy groups -OCH3 is 1. The Morgan fingerprint density at radius 2 is 2.06 bits per heavy atom. The van der Waals surface area contributed by atoms with E-state index in [2.05, 4.69) is 0 Å². The van der Waals surface area contributed by atoms with Gasteiger partial charge in [-0.1, -0.05) is 11.6 Å². The van der Waals surface area contributed by atoms with Crippen molar-refractivity contribution in [3.8, 4) is 5.75 Å². The molecule has 0 unspecified atom stereocenters. The van der Waals surface area contributed by atoms with Crippen LogP contribution in [0.3, 0.4) is 0 Å². The Bertz CT molecular complexity index is 386. The molecule has 4 nitrogen and oxygen atoms in total. The van der Waals surface area contributed by atoms with Gasteiger partial charge in [0.1, 0.15) is 5.75 Å². The fraction of sp³-hybridized carbons (Fsp3) is 0.538. The van der Waals surface area contributed by atoms with Crippen LogP contribution in [0.15, 0.2) is 18.2 Å². The van der Waals surface area contributed by atoms with E-state index in [4.69, 9.17) is 19.9 Å². The molecule has 1 heterocycles. The van der Waals surface area contributed by atoms with E-state index in [1.165, 1.54) is 0 Å². The third-order valence-electron chi connectivity index (χ3n) is 2.99. The molecule has 0 aromatic heterocycles. The Hall–Kier alpha value is -1.10. The van der Waals surface area contributed by atoms with E-state index >= 15 is 0 Å². The second kappa shape index (κ2) is 5.04. The van der Waals surface area contributed by atoms with Gasteiger partial charge in [-0.05, 0) is 25.6 Å². The summed E-state index contributed by atoms with van der Waals surface area (Å²) in [6.07, 6.45) is 0.632. The van der Waals surface area contributed by atoms with E-state index in [9.17, 15) is 0 Å². The first-order chi connectivity index (χ1) is 8.22. The number of hydrogen-bond acceptors (Lipinski definition) is 4. The van der Waals surface area contributed by atoms with Crippen LogP contribution in [0, 0.1) is 6.92 Å². The molecular formula is C13H19NO3. The zero-order valence-corrected chi connectivity index (χ0v) is 10.4. The molecular weight excluding hydrogens is 218 g/mol. The summed E-state index contributed by atoms with van der Waals surface area (Å²) in [5, 5.41) is 0. The molecule has 1 fully saturated rings. The average molecular weight is 237 g/mol. The summed E-state index contributed by atoms with van der Waals surface area (Å²) in [5.74, 6) is 0.0532. The molecule has 1 aliphatic rings. The van der Waals surface area contributed by atoms with Gasteiger partial charge in [-0.2, -0.15) is 0 Å². The van der Waals surface area contributed by atoms with Crippen LogP contribution < -0.4 is 10.5 Å². The van der Waals surface area contributed by atoms with E-state index in [-0.39, 0.29) is 0 Å². The van der Waals surface area contributed by atoms with Gasteiger partial charge in [0.2, 0.25) is 0 Å². The molecule has 0 atom stereocenters. The Labute approximate surface area is 102 Å². The molecule has 0 saturated carbocycles. The van der Waals surface area contributed by atoms with Gasteiger partial charge in [0.25, 0.3) is 0 Å². The first-order valence-electron chi connectivity index (χ1n) is 5.85. The van der Waals surface area contributed by atoms with Crippen molar-refractivity contribution in [3.05, 3.63) is 29.3 Å². The summed E-state index contributed by atoms with van der Waals surface area (Å²) in [4.78, 5) is 0. The highest BCUT2D eigenvalue weighted by atomic mass is 16.7. The maximum absolute atomic E-state index is 5.78. The first-order valence-corrected chi connectivity index (χ1v) is 5.85. The Morgan fingerprint density at radius 3 is 2.65 bits per heavy atom. The van der Waals surface area contributed by atoms with Crippen LogP contribution in [0.25, 0.3) is 0 Å². The van der Waals surface area contributed by atoms with Crippen molar-refractivity contribution in [2.45, 2.75) is 19.1 Å².